The number of benzene rings is 1. The average Bonchev–Trinajstić information content (AvgIpc) is 2.86. The number of primary amides is 1. The van der Waals surface area contributed by atoms with Crippen LogP contribution in [0.4, 0.5) is 18.0 Å². The Hall–Kier alpha value is -2.58. The van der Waals surface area contributed by atoms with Gasteiger partial charge in [-0.3, -0.25) is 0 Å². The molecule has 0 radical (unpaired) electrons. The van der Waals surface area contributed by atoms with Crippen LogP contribution in [0.5, 0.6) is 0 Å². The van der Waals surface area contributed by atoms with E-state index < -0.39 is 18.1 Å². The van der Waals surface area contributed by atoms with Gasteiger partial charge in [0.15, 0.2) is 0 Å². The molecular weight excluding hydrogens is 277 g/mol. The van der Waals surface area contributed by atoms with Crippen molar-refractivity contribution >= 4 is 6.03 Å². The number of nitrogens with zero attached hydrogens (tertiary/aromatic N) is 2. The summed E-state index contributed by atoms with van der Waals surface area (Å²) in [6.07, 6.45) is -4.67. The molecule has 2 rings (SSSR count). The molecule has 0 aliphatic carbocycles. The number of rotatable bonds is 3. The molecule has 9 heteroatoms. The number of hydrogen-bond donors (Lipinski definition) is 2. The lowest BCUT2D eigenvalue weighted by atomic mass is 10.1. The number of nitrogens with one attached hydrogen (secondary N) is 1. The lowest BCUT2D eigenvalue weighted by Crippen LogP contribution is -2.28. The van der Waals surface area contributed by atoms with Crippen molar-refractivity contribution in [3.05, 3.63) is 35.7 Å². The van der Waals surface area contributed by atoms with E-state index in [1.54, 1.807) is 12.1 Å². The van der Waals surface area contributed by atoms with E-state index in [0.717, 1.165) is 5.56 Å². The smallest absolute Gasteiger partial charge is 0.352 e. The topological polar surface area (TPSA) is 94.0 Å². The fourth-order valence-electron chi connectivity index (χ4n) is 1.42. The highest BCUT2D eigenvalue weighted by molar-refractivity contribution is 5.71. The predicted octanol–water partition coefficient (Wildman–Crippen LogP) is 1.92. The molecule has 0 saturated carbocycles. The fraction of sp³-hybridized carbons (Fsp3) is 0.182. The van der Waals surface area contributed by atoms with Crippen LogP contribution in [0.3, 0.4) is 0 Å². The van der Waals surface area contributed by atoms with Crippen LogP contribution in [0.1, 0.15) is 11.5 Å². The van der Waals surface area contributed by atoms with E-state index in [0.29, 0.717) is 5.56 Å². The number of hydrogen-bond acceptors (Lipinski definition) is 4. The number of carbonyl (C=O) groups is 1. The van der Waals surface area contributed by atoms with Crippen LogP contribution >= 0.6 is 0 Å². The third-order valence-corrected chi connectivity index (χ3v) is 2.35. The van der Waals surface area contributed by atoms with Gasteiger partial charge < -0.3 is 15.6 Å². The number of nitrogens with two attached hydrogens (primary N) is 1. The molecule has 0 unspecified atom stereocenters. The van der Waals surface area contributed by atoms with Gasteiger partial charge in [0.25, 0.3) is 0 Å². The summed E-state index contributed by atoms with van der Waals surface area (Å²) < 4.78 is 41.1. The lowest BCUT2D eigenvalue weighted by molar-refractivity contribution is -0.159. The van der Waals surface area contributed by atoms with Crippen LogP contribution < -0.4 is 11.1 Å². The normalized spacial score (nSPS) is 11.3. The van der Waals surface area contributed by atoms with Gasteiger partial charge in [0.2, 0.25) is 5.82 Å². The molecule has 0 saturated heterocycles. The highest BCUT2D eigenvalue weighted by Crippen LogP contribution is 2.29. The number of carbonyl (C=O) groups excluding carboxylic acids is 1. The van der Waals surface area contributed by atoms with E-state index >= 15 is 0 Å². The lowest BCUT2D eigenvalue weighted by Gasteiger charge is -2.02. The Morgan fingerprint density at radius 2 is 1.95 bits per heavy atom. The maximum atomic E-state index is 12.3. The molecule has 1 aromatic heterocycles. The van der Waals surface area contributed by atoms with E-state index in [2.05, 4.69) is 20.0 Å². The zero-order chi connectivity index (χ0) is 14.8. The zero-order valence-corrected chi connectivity index (χ0v) is 9.94. The first-order valence-electron chi connectivity index (χ1n) is 5.40. The van der Waals surface area contributed by atoms with Crippen molar-refractivity contribution in [3.8, 4) is 11.4 Å². The molecule has 1 heterocycles. The van der Waals surface area contributed by atoms with Gasteiger partial charge in [-0.25, -0.2) is 4.79 Å². The van der Waals surface area contributed by atoms with Crippen molar-refractivity contribution in [1.82, 2.24) is 15.5 Å². The number of amides is 2. The summed E-state index contributed by atoms with van der Waals surface area (Å²) >= 11 is 0. The van der Waals surface area contributed by atoms with E-state index in [9.17, 15) is 18.0 Å². The van der Waals surface area contributed by atoms with E-state index in [1.165, 1.54) is 12.1 Å². The first kappa shape index (κ1) is 13.8. The maximum absolute atomic E-state index is 12.3. The summed E-state index contributed by atoms with van der Waals surface area (Å²) in [4.78, 5) is 13.8. The summed E-state index contributed by atoms with van der Waals surface area (Å²) in [7, 11) is 0. The van der Waals surface area contributed by atoms with Gasteiger partial charge in [0.05, 0.1) is 0 Å². The minimum Gasteiger partial charge on any atom is -0.352 e. The minimum absolute atomic E-state index is 0.160. The standard InChI is InChI=1S/C11H9F3N4O2/c12-11(13,14)9-17-8(18-20-9)7-3-1-6(2-4-7)5-16-10(15)19/h1-4H,5H2,(H3,15,16,19). The fourth-order valence-corrected chi connectivity index (χ4v) is 1.42. The van der Waals surface area contributed by atoms with Gasteiger partial charge in [-0.2, -0.15) is 18.2 Å². The van der Waals surface area contributed by atoms with Crippen molar-refractivity contribution in [2.75, 3.05) is 0 Å². The van der Waals surface area contributed by atoms with Crippen LogP contribution in [-0.4, -0.2) is 16.2 Å². The van der Waals surface area contributed by atoms with Gasteiger partial charge in [0, 0.05) is 12.1 Å². The Balaban J connectivity index is 2.14. The number of aromatic nitrogens is 2. The molecule has 106 valence electrons. The number of alkyl halides is 3. The monoisotopic (exact) mass is 286 g/mol. The van der Waals surface area contributed by atoms with Crippen molar-refractivity contribution in [3.63, 3.8) is 0 Å². The highest BCUT2D eigenvalue weighted by atomic mass is 19.4. The molecule has 2 amide bonds. The minimum atomic E-state index is -4.67. The molecule has 0 fully saturated rings. The molecule has 6 nitrogen and oxygen atoms in total. The van der Waals surface area contributed by atoms with Crippen molar-refractivity contribution in [2.24, 2.45) is 5.73 Å². The van der Waals surface area contributed by atoms with Gasteiger partial charge in [-0.1, -0.05) is 29.4 Å². The van der Waals surface area contributed by atoms with Gasteiger partial charge in [-0.15, -0.1) is 0 Å². The Bertz CT molecular complexity index is 607. The molecule has 0 bridgehead atoms. The Kier molecular flexibility index (Phi) is 3.59. The van der Waals surface area contributed by atoms with Crippen LogP contribution in [0, 0.1) is 0 Å². The largest absolute Gasteiger partial charge is 0.471 e. The van der Waals surface area contributed by atoms with Crippen LogP contribution in [0.2, 0.25) is 0 Å². The summed E-state index contributed by atoms with van der Waals surface area (Å²) in [6, 6.07) is 5.58. The molecule has 1 aromatic carbocycles. The second-order valence-corrected chi connectivity index (χ2v) is 3.84. The van der Waals surface area contributed by atoms with Crippen molar-refractivity contribution in [2.45, 2.75) is 12.7 Å². The average molecular weight is 286 g/mol. The van der Waals surface area contributed by atoms with E-state index in [-0.39, 0.29) is 12.4 Å². The Morgan fingerprint density at radius 1 is 1.30 bits per heavy atom. The van der Waals surface area contributed by atoms with Gasteiger partial charge >= 0.3 is 18.1 Å². The molecule has 0 spiro atoms. The summed E-state index contributed by atoms with van der Waals surface area (Å²) in [5.41, 5.74) is 6.01. The predicted molar refractivity (Wildman–Crippen MR) is 61.2 cm³/mol. The second kappa shape index (κ2) is 5.19. The van der Waals surface area contributed by atoms with Crippen molar-refractivity contribution < 1.29 is 22.5 Å². The quantitative estimate of drug-likeness (QED) is 0.901. The molecular formula is C11H9F3N4O2. The molecule has 3 N–H and O–H groups in total. The third kappa shape index (κ3) is 3.25. The molecule has 0 atom stereocenters. The first-order valence-corrected chi connectivity index (χ1v) is 5.40. The van der Waals surface area contributed by atoms with E-state index in [4.69, 9.17) is 5.73 Å². The van der Waals surface area contributed by atoms with Crippen LogP contribution in [-0.2, 0) is 12.7 Å². The van der Waals surface area contributed by atoms with Gasteiger partial charge in [-0.05, 0) is 5.56 Å². The maximum Gasteiger partial charge on any atom is 0.471 e. The Morgan fingerprint density at radius 3 is 2.45 bits per heavy atom. The Labute approximate surface area is 110 Å². The van der Waals surface area contributed by atoms with Crippen LogP contribution in [0.25, 0.3) is 11.4 Å². The number of halogens is 3. The van der Waals surface area contributed by atoms with Gasteiger partial charge in [0.1, 0.15) is 0 Å². The summed E-state index contributed by atoms with van der Waals surface area (Å²) in [6.45, 7) is 0.218. The molecule has 0 aliphatic heterocycles. The SMILES string of the molecule is NC(=O)NCc1ccc(-c2noc(C(F)(F)F)n2)cc1. The number of urea groups is 1. The summed E-state index contributed by atoms with van der Waals surface area (Å²) in [5.74, 6) is -1.56. The molecule has 20 heavy (non-hydrogen) atoms. The zero-order valence-electron chi connectivity index (χ0n) is 9.94. The molecule has 2 aromatic rings. The van der Waals surface area contributed by atoms with Crippen LogP contribution in [0.15, 0.2) is 28.8 Å². The second-order valence-electron chi connectivity index (χ2n) is 3.84. The van der Waals surface area contributed by atoms with E-state index in [1.807, 2.05) is 0 Å². The first-order chi connectivity index (χ1) is 9.36. The van der Waals surface area contributed by atoms with Crippen molar-refractivity contribution in [1.29, 1.82) is 0 Å². The summed E-state index contributed by atoms with van der Waals surface area (Å²) in [5, 5.41) is 5.65. The third-order valence-electron chi connectivity index (χ3n) is 2.35. The highest BCUT2D eigenvalue weighted by Gasteiger charge is 2.38. The molecule has 0 aliphatic rings.